The maximum absolute atomic E-state index is 4.05. The number of nitrogens with one attached hydrogen (secondary N) is 1. The molecule has 1 aliphatic rings. The molecule has 1 heterocycles. The summed E-state index contributed by atoms with van der Waals surface area (Å²) in [5, 5.41) is 7.34. The third kappa shape index (κ3) is 1.14. The first kappa shape index (κ1) is 5.06. The molecule has 1 fully saturated rings. The lowest BCUT2D eigenvalue weighted by molar-refractivity contribution is 0.366. The summed E-state index contributed by atoms with van der Waals surface area (Å²) >= 11 is 0. The Hall–Kier alpha value is -0.0800. The van der Waals surface area contributed by atoms with Gasteiger partial charge in [-0.2, -0.15) is 0 Å². The molecule has 0 aromatic heterocycles. The van der Waals surface area contributed by atoms with Gasteiger partial charge in [0, 0.05) is 19.1 Å². The predicted molar refractivity (Wildman–Crippen MR) is 29.3 cm³/mol. The van der Waals surface area contributed by atoms with Gasteiger partial charge in [-0.15, -0.1) is 0 Å². The summed E-state index contributed by atoms with van der Waals surface area (Å²) in [6, 6.07) is 0.713. The van der Waals surface area contributed by atoms with Gasteiger partial charge in [0.1, 0.15) is 0 Å². The average molecular weight is 99.2 g/mol. The van der Waals surface area contributed by atoms with Gasteiger partial charge in [-0.3, -0.25) is 0 Å². The van der Waals surface area contributed by atoms with Crippen molar-refractivity contribution in [1.82, 2.24) is 10.6 Å². The molecular weight excluding hydrogens is 88.1 g/mol. The van der Waals surface area contributed by atoms with E-state index in [0.29, 0.717) is 6.04 Å². The molecule has 1 rings (SSSR count). The van der Waals surface area contributed by atoms with Crippen LogP contribution in [0.5, 0.6) is 0 Å². The van der Waals surface area contributed by atoms with E-state index >= 15 is 0 Å². The first-order valence-electron chi connectivity index (χ1n) is 2.80. The highest BCUT2D eigenvalue weighted by atomic mass is 15.1. The van der Waals surface area contributed by atoms with Crippen molar-refractivity contribution in [1.29, 1.82) is 0 Å². The average Bonchev–Trinajstić information content (AvgIpc) is 1.55. The van der Waals surface area contributed by atoms with E-state index in [0.717, 1.165) is 19.6 Å². The van der Waals surface area contributed by atoms with E-state index in [2.05, 4.69) is 17.6 Å². The Morgan fingerprint density at radius 2 is 2.43 bits per heavy atom. The van der Waals surface area contributed by atoms with Crippen molar-refractivity contribution < 1.29 is 0 Å². The zero-order chi connectivity index (χ0) is 5.11. The summed E-state index contributed by atoms with van der Waals surface area (Å²) in [7, 11) is 0. The molecule has 0 aliphatic carbocycles. The van der Waals surface area contributed by atoms with Crippen molar-refractivity contribution in [3.8, 4) is 0 Å². The molecule has 0 bridgehead atoms. The van der Waals surface area contributed by atoms with Gasteiger partial charge >= 0.3 is 0 Å². The second-order valence-corrected chi connectivity index (χ2v) is 1.84. The minimum atomic E-state index is 0.713. The molecular formula is C5H11N2. The topological polar surface area (TPSA) is 26.1 Å². The fraction of sp³-hybridized carbons (Fsp3) is 1.00. The Morgan fingerprint density at radius 3 is 2.57 bits per heavy atom. The van der Waals surface area contributed by atoms with Gasteiger partial charge in [0.25, 0.3) is 0 Å². The highest BCUT2D eigenvalue weighted by molar-refractivity contribution is 4.79. The van der Waals surface area contributed by atoms with Crippen LogP contribution >= 0.6 is 0 Å². The Balaban J connectivity index is 1.93. The third-order valence-corrected chi connectivity index (χ3v) is 1.19. The van der Waals surface area contributed by atoms with E-state index in [1.54, 1.807) is 0 Å². The Bertz CT molecular complexity index is 50.0. The van der Waals surface area contributed by atoms with Gasteiger partial charge in [-0.05, 0) is 6.54 Å². The molecule has 1 radical (unpaired) electrons. The maximum atomic E-state index is 4.05. The quantitative estimate of drug-likeness (QED) is 0.500. The summed E-state index contributed by atoms with van der Waals surface area (Å²) < 4.78 is 0. The normalized spacial score (nSPS) is 21.9. The van der Waals surface area contributed by atoms with Crippen molar-refractivity contribution in [2.45, 2.75) is 13.0 Å². The van der Waals surface area contributed by atoms with E-state index in [1.165, 1.54) is 0 Å². The van der Waals surface area contributed by atoms with E-state index in [1.807, 2.05) is 0 Å². The molecule has 1 aliphatic heterocycles. The largest absolute Gasteiger partial charge is 0.312 e. The Labute approximate surface area is 44.3 Å². The van der Waals surface area contributed by atoms with Gasteiger partial charge in [-0.1, -0.05) is 6.92 Å². The highest BCUT2D eigenvalue weighted by Gasteiger charge is 2.15. The van der Waals surface area contributed by atoms with Crippen molar-refractivity contribution in [3.63, 3.8) is 0 Å². The first-order valence-corrected chi connectivity index (χ1v) is 2.80. The molecule has 7 heavy (non-hydrogen) atoms. The highest BCUT2D eigenvalue weighted by Crippen LogP contribution is 1.90. The summed E-state index contributed by atoms with van der Waals surface area (Å²) in [6.07, 6.45) is 0. The van der Waals surface area contributed by atoms with Gasteiger partial charge in [0.05, 0.1) is 0 Å². The molecule has 2 heteroatoms. The van der Waals surface area contributed by atoms with Crippen molar-refractivity contribution in [2.24, 2.45) is 0 Å². The monoisotopic (exact) mass is 99.1 g/mol. The number of rotatable bonds is 2. The molecule has 41 valence electrons. The number of nitrogens with zero attached hydrogens (tertiary/aromatic N) is 1. The zero-order valence-corrected chi connectivity index (χ0v) is 4.65. The lowest BCUT2D eigenvalue weighted by atomic mass is 10.2. The van der Waals surface area contributed by atoms with Crippen LogP contribution in [0.25, 0.3) is 0 Å². The molecule has 0 aromatic rings. The third-order valence-electron chi connectivity index (χ3n) is 1.19. The molecule has 0 saturated carbocycles. The minimum Gasteiger partial charge on any atom is -0.312 e. The first-order chi connectivity index (χ1) is 3.43. The molecule has 0 aromatic carbocycles. The van der Waals surface area contributed by atoms with Crippen LogP contribution in [-0.2, 0) is 0 Å². The Morgan fingerprint density at radius 1 is 1.71 bits per heavy atom. The molecule has 1 N–H and O–H groups in total. The van der Waals surface area contributed by atoms with Crippen molar-refractivity contribution in [2.75, 3.05) is 19.6 Å². The van der Waals surface area contributed by atoms with Crippen LogP contribution in [0.2, 0.25) is 0 Å². The standard InChI is InChI=1S/C5H11N2/c1-2-7-5-3-6-4-5/h5,7H,2-4H2,1H3. The second kappa shape index (κ2) is 2.28. The van der Waals surface area contributed by atoms with Gasteiger partial charge in [0.15, 0.2) is 0 Å². The van der Waals surface area contributed by atoms with Crippen molar-refractivity contribution in [3.05, 3.63) is 0 Å². The fourth-order valence-corrected chi connectivity index (χ4v) is 0.676. The molecule has 1 saturated heterocycles. The molecule has 0 amide bonds. The van der Waals surface area contributed by atoms with Crippen LogP contribution in [0.15, 0.2) is 0 Å². The van der Waals surface area contributed by atoms with Crippen LogP contribution < -0.4 is 10.6 Å². The van der Waals surface area contributed by atoms with Crippen LogP contribution in [0.4, 0.5) is 0 Å². The van der Waals surface area contributed by atoms with Crippen molar-refractivity contribution >= 4 is 0 Å². The predicted octanol–water partition coefficient (Wildman–Crippen LogP) is -0.417. The number of likely N-dealkylation sites (N-methyl/N-ethyl adjacent to an activating group) is 1. The second-order valence-electron chi connectivity index (χ2n) is 1.84. The zero-order valence-electron chi connectivity index (χ0n) is 4.65. The molecule has 2 nitrogen and oxygen atoms in total. The summed E-state index contributed by atoms with van der Waals surface area (Å²) in [6.45, 7) is 5.28. The summed E-state index contributed by atoms with van der Waals surface area (Å²) in [4.78, 5) is 0. The van der Waals surface area contributed by atoms with E-state index < -0.39 is 0 Å². The lowest BCUT2D eigenvalue weighted by Crippen LogP contribution is -2.51. The van der Waals surface area contributed by atoms with Gasteiger partial charge in [-0.25, -0.2) is 5.32 Å². The van der Waals surface area contributed by atoms with Crippen LogP contribution in [-0.4, -0.2) is 25.7 Å². The minimum absolute atomic E-state index is 0.713. The lowest BCUT2D eigenvalue weighted by Gasteiger charge is -2.25. The van der Waals surface area contributed by atoms with Gasteiger partial charge < -0.3 is 5.32 Å². The summed E-state index contributed by atoms with van der Waals surface area (Å²) in [5.41, 5.74) is 0. The van der Waals surface area contributed by atoms with Gasteiger partial charge in [0.2, 0.25) is 0 Å². The molecule has 0 unspecified atom stereocenters. The SMILES string of the molecule is CCNC1C[N]C1. The number of hydrogen-bond acceptors (Lipinski definition) is 1. The molecule has 0 spiro atoms. The maximum Gasteiger partial charge on any atom is 0.0350 e. The van der Waals surface area contributed by atoms with E-state index in [-0.39, 0.29) is 0 Å². The van der Waals surface area contributed by atoms with Crippen LogP contribution in [0, 0.1) is 0 Å². The van der Waals surface area contributed by atoms with Crippen LogP contribution in [0.1, 0.15) is 6.92 Å². The van der Waals surface area contributed by atoms with E-state index in [4.69, 9.17) is 0 Å². The fourth-order valence-electron chi connectivity index (χ4n) is 0.676. The van der Waals surface area contributed by atoms with Crippen LogP contribution in [0.3, 0.4) is 0 Å². The summed E-state index contributed by atoms with van der Waals surface area (Å²) in [5.74, 6) is 0. The Kier molecular flexibility index (Phi) is 1.65. The molecule has 0 atom stereocenters. The van der Waals surface area contributed by atoms with E-state index in [9.17, 15) is 0 Å². The smallest absolute Gasteiger partial charge is 0.0350 e. The number of hydrogen-bond donors (Lipinski definition) is 1.